The first-order valence-electron chi connectivity index (χ1n) is 7.22. The van der Waals surface area contributed by atoms with Crippen LogP contribution >= 0.6 is 11.8 Å². The largest absolute Gasteiger partial charge is 0.484 e. The summed E-state index contributed by atoms with van der Waals surface area (Å²) in [7, 11) is 1.97. The summed E-state index contributed by atoms with van der Waals surface area (Å²) in [6, 6.07) is 8.59. The quantitative estimate of drug-likeness (QED) is 0.805. The van der Waals surface area contributed by atoms with Gasteiger partial charge in [-0.15, -0.1) is 11.8 Å². The molecule has 1 aromatic carbocycles. The number of amides is 1. The van der Waals surface area contributed by atoms with Crippen molar-refractivity contribution < 1.29 is 14.3 Å². The van der Waals surface area contributed by atoms with Crippen LogP contribution in [0.15, 0.2) is 30.3 Å². The van der Waals surface area contributed by atoms with Gasteiger partial charge in [-0.1, -0.05) is 18.2 Å². The third kappa shape index (κ3) is 4.48. The summed E-state index contributed by atoms with van der Waals surface area (Å²) >= 11 is 1.70. The molecule has 1 aliphatic rings. The number of thioether (sulfide) groups is 1. The van der Waals surface area contributed by atoms with E-state index in [1.54, 1.807) is 23.9 Å². The number of hydrogen-bond donors (Lipinski definition) is 1. The van der Waals surface area contributed by atoms with E-state index in [2.05, 4.69) is 24.1 Å². The summed E-state index contributed by atoms with van der Waals surface area (Å²) in [6.07, 6.45) is 0.802. The first-order chi connectivity index (χ1) is 10.4. The lowest BCUT2D eigenvalue weighted by atomic mass is 10.2. The first kappa shape index (κ1) is 16.8. The molecule has 1 aliphatic heterocycles. The van der Waals surface area contributed by atoms with Crippen molar-refractivity contribution in [2.45, 2.75) is 30.0 Å². The minimum Gasteiger partial charge on any atom is -0.484 e. The fraction of sp³-hybridized carbons (Fsp3) is 0.500. The highest BCUT2D eigenvalue weighted by atomic mass is 32.2. The Labute approximate surface area is 135 Å². The zero-order valence-corrected chi connectivity index (χ0v) is 13.9. The Bertz CT molecular complexity index is 521. The Morgan fingerprint density at radius 2 is 2.18 bits per heavy atom. The smallest absolute Gasteiger partial charge is 0.258 e. The van der Waals surface area contributed by atoms with Crippen LogP contribution in [0.2, 0.25) is 0 Å². The fourth-order valence-electron chi connectivity index (χ4n) is 2.56. The van der Waals surface area contributed by atoms with Gasteiger partial charge in [0.05, 0.1) is 5.37 Å². The van der Waals surface area contributed by atoms with Crippen molar-refractivity contribution in [1.29, 1.82) is 0 Å². The number of hydrogen-bond acceptors (Lipinski definition) is 5. The van der Waals surface area contributed by atoms with E-state index in [-0.39, 0.29) is 22.6 Å². The minimum atomic E-state index is -0.538. The van der Waals surface area contributed by atoms with Crippen LogP contribution in [0.5, 0.6) is 5.75 Å². The summed E-state index contributed by atoms with van der Waals surface area (Å²) in [5.74, 6) is 0.341. The number of nitrogens with one attached hydrogen (secondary N) is 1. The van der Waals surface area contributed by atoms with Crippen LogP contribution in [0.1, 0.15) is 13.8 Å². The van der Waals surface area contributed by atoms with Gasteiger partial charge in [0.25, 0.3) is 5.91 Å². The number of carbonyl (C=O) groups is 2. The SMILES string of the molecule is CN1CC(C)(C)SC1C(C=O)NC(=O)COc1ccccc1. The summed E-state index contributed by atoms with van der Waals surface area (Å²) in [4.78, 5) is 25.4. The Kier molecular flexibility index (Phi) is 5.47. The van der Waals surface area contributed by atoms with Gasteiger partial charge in [0.2, 0.25) is 0 Å². The molecule has 5 nitrogen and oxygen atoms in total. The van der Waals surface area contributed by atoms with Gasteiger partial charge in [0.15, 0.2) is 6.61 Å². The Morgan fingerprint density at radius 3 is 2.73 bits per heavy atom. The van der Waals surface area contributed by atoms with Gasteiger partial charge in [0, 0.05) is 11.3 Å². The third-order valence-corrected chi connectivity index (χ3v) is 5.06. The molecule has 1 N–H and O–H groups in total. The lowest BCUT2D eigenvalue weighted by molar-refractivity contribution is -0.126. The number of carbonyl (C=O) groups excluding carboxylic acids is 2. The van der Waals surface area contributed by atoms with Crippen molar-refractivity contribution in [3.8, 4) is 5.75 Å². The van der Waals surface area contributed by atoms with Crippen molar-refractivity contribution in [1.82, 2.24) is 10.2 Å². The third-order valence-electron chi connectivity index (χ3n) is 3.40. The van der Waals surface area contributed by atoms with Crippen LogP contribution in [-0.4, -0.2) is 53.5 Å². The molecular weight excluding hydrogens is 300 g/mol. The monoisotopic (exact) mass is 322 g/mol. The van der Waals surface area contributed by atoms with Crippen molar-refractivity contribution in [3.05, 3.63) is 30.3 Å². The molecular formula is C16H22N2O3S. The number of aldehydes is 1. The van der Waals surface area contributed by atoms with Crippen LogP contribution in [0.4, 0.5) is 0 Å². The Morgan fingerprint density at radius 1 is 1.50 bits per heavy atom. The molecule has 0 spiro atoms. The average molecular weight is 322 g/mol. The second-order valence-corrected chi connectivity index (χ2v) is 7.84. The van der Waals surface area contributed by atoms with E-state index in [4.69, 9.17) is 4.74 Å². The average Bonchev–Trinajstić information content (AvgIpc) is 2.76. The number of para-hydroxylation sites is 1. The van der Waals surface area contributed by atoms with E-state index in [0.29, 0.717) is 5.75 Å². The molecule has 120 valence electrons. The van der Waals surface area contributed by atoms with E-state index in [1.807, 2.05) is 25.2 Å². The van der Waals surface area contributed by atoms with E-state index in [9.17, 15) is 9.59 Å². The maximum Gasteiger partial charge on any atom is 0.258 e. The first-order valence-corrected chi connectivity index (χ1v) is 8.10. The molecule has 0 saturated carbocycles. The summed E-state index contributed by atoms with van der Waals surface area (Å²) in [5.41, 5.74) is 0. The topological polar surface area (TPSA) is 58.6 Å². The molecule has 0 aliphatic carbocycles. The summed E-state index contributed by atoms with van der Waals surface area (Å²) < 4.78 is 5.47. The normalized spacial score (nSPS) is 22.0. The minimum absolute atomic E-state index is 0.0480. The molecule has 1 fully saturated rings. The summed E-state index contributed by atoms with van der Waals surface area (Å²) in [6.45, 7) is 5.05. The van der Waals surface area contributed by atoms with E-state index in [1.165, 1.54) is 0 Å². The Balaban J connectivity index is 1.87. The van der Waals surface area contributed by atoms with Gasteiger partial charge in [-0.2, -0.15) is 0 Å². The number of likely N-dealkylation sites (N-methyl/N-ethyl adjacent to an activating group) is 1. The highest BCUT2D eigenvalue weighted by Crippen LogP contribution is 2.39. The fourth-order valence-corrected chi connectivity index (χ4v) is 4.02. The predicted molar refractivity (Wildman–Crippen MR) is 88.0 cm³/mol. The van der Waals surface area contributed by atoms with E-state index in [0.717, 1.165) is 12.8 Å². The molecule has 1 aromatic rings. The lowest BCUT2D eigenvalue weighted by Gasteiger charge is -2.24. The van der Waals surface area contributed by atoms with Crippen LogP contribution < -0.4 is 10.1 Å². The van der Waals surface area contributed by atoms with Crippen LogP contribution in [0.25, 0.3) is 0 Å². The standard InChI is InChI=1S/C16H22N2O3S/c1-16(2)11-18(3)15(22-16)13(9-19)17-14(20)10-21-12-7-5-4-6-8-12/h4-9,13,15H,10-11H2,1-3H3,(H,17,20). The molecule has 1 amide bonds. The zero-order chi connectivity index (χ0) is 16.2. The van der Waals surface area contributed by atoms with Gasteiger partial charge < -0.3 is 14.8 Å². The van der Waals surface area contributed by atoms with Crippen LogP contribution in [0, 0.1) is 0 Å². The van der Waals surface area contributed by atoms with Crippen molar-refractivity contribution in [2.75, 3.05) is 20.2 Å². The molecule has 1 heterocycles. The lowest BCUT2D eigenvalue weighted by Crippen LogP contribution is -2.49. The highest BCUT2D eigenvalue weighted by Gasteiger charge is 2.40. The number of rotatable bonds is 6. The van der Waals surface area contributed by atoms with Gasteiger partial charge in [0.1, 0.15) is 18.1 Å². The molecule has 6 heteroatoms. The molecule has 0 radical (unpaired) electrons. The highest BCUT2D eigenvalue weighted by molar-refractivity contribution is 8.01. The number of nitrogens with zero attached hydrogens (tertiary/aromatic N) is 1. The van der Waals surface area contributed by atoms with Gasteiger partial charge >= 0.3 is 0 Å². The van der Waals surface area contributed by atoms with Crippen molar-refractivity contribution in [2.24, 2.45) is 0 Å². The second kappa shape index (κ2) is 7.15. The Hall–Kier alpha value is -1.53. The summed E-state index contributed by atoms with van der Waals surface area (Å²) in [5, 5.41) is 2.70. The molecule has 22 heavy (non-hydrogen) atoms. The van der Waals surface area contributed by atoms with Crippen molar-refractivity contribution >= 4 is 24.0 Å². The molecule has 0 bridgehead atoms. The van der Waals surface area contributed by atoms with Crippen LogP contribution in [0.3, 0.4) is 0 Å². The molecule has 2 atom stereocenters. The molecule has 0 aromatic heterocycles. The number of benzene rings is 1. The maximum absolute atomic E-state index is 12.0. The van der Waals surface area contributed by atoms with Crippen LogP contribution in [-0.2, 0) is 9.59 Å². The maximum atomic E-state index is 12.0. The predicted octanol–water partition coefficient (Wildman–Crippen LogP) is 1.53. The molecule has 2 rings (SSSR count). The second-order valence-electron chi connectivity index (χ2n) is 6.01. The molecule has 2 unspecified atom stereocenters. The molecule has 1 saturated heterocycles. The van der Waals surface area contributed by atoms with Gasteiger partial charge in [-0.3, -0.25) is 9.69 Å². The van der Waals surface area contributed by atoms with Gasteiger partial charge in [-0.05, 0) is 33.0 Å². The van der Waals surface area contributed by atoms with Crippen molar-refractivity contribution in [3.63, 3.8) is 0 Å². The zero-order valence-electron chi connectivity index (χ0n) is 13.1. The van der Waals surface area contributed by atoms with Gasteiger partial charge in [-0.25, -0.2) is 0 Å². The van der Waals surface area contributed by atoms with E-state index < -0.39 is 6.04 Å². The van der Waals surface area contributed by atoms with E-state index >= 15 is 0 Å². The number of ether oxygens (including phenoxy) is 1.